The molecular weight excluding hydrogens is 378 g/mol. The van der Waals surface area contributed by atoms with Gasteiger partial charge in [-0.2, -0.15) is 0 Å². The predicted octanol–water partition coefficient (Wildman–Crippen LogP) is 5.02. The Morgan fingerprint density at radius 2 is 1.81 bits per heavy atom. The Morgan fingerprint density at radius 3 is 2.44 bits per heavy atom. The lowest BCUT2D eigenvalue weighted by Crippen LogP contribution is -2.34. The first-order valence-corrected chi connectivity index (χ1v) is 10.1. The SMILES string of the molecule is CCc1ccc(C(=O)NC(=S)Nc2ccc(N3CCCCC3)c(Cl)c2)cc1. The van der Waals surface area contributed by atoms with E-state index in [9.17, 15) is 4.79 Å². The molecule has 1 heterocycles. The maximum absolute atomic E-state index is 12.3. The summed E-state index contributed by atoms with van der Waals surface area (Å²) >= 11 is 11.7. The number of hydrogen-bond donors (Lipinski definition) is 2. The van der Waals surface area contributed by atoms with Crippen molar-refractivity contribution in [1.29, 1.82) is 0 Å². The van der Waals surface area contributed by atoms with E-state index in [0.29, 0.717) is 10.6 Å². The number of carbonyl (C=O) groups is 1. The fourth-order valence-corrected chi connectivity index (χ4v) is 3.72. The van der Waals surface area contributed by atoms with Crippen molar-refractivity contribution in [2.45, 2.75) is 32.6 Å². The molecule has 0 radical (unpaired) electrons. The lowest BCUT2D eigenvalue weighted by atomic mass is 10.1. The molecule has 1 amide bonds. The number of halogens is 1. The van der Waals surface area contributed by atoms with E-state index in [0.717, 1.165) is 30.9 Å². The maximum atomic E-state index is 12.3. The molecule has 2 aromatic carbocycles. The molecule has 3 rings (SSSR count). The van der Waals surface area contributed by atoms with Crippen LogP contribution in [0, 0.1) is 0 Å². The first-order chi connectivity index (χ1) is 13.1. The molecule has 1 saturated heterocycles. The Bertz CT molecular complexity index is 817. The highest BCUT2D eigenvalue weighted by atomic mass is 35.5. The van der Waals surface area contributed by atoms with Gasteiger partial charge < -0.3 is 10.2 Å². The number of nitrogens with zero attached hydrogens (tertiary/aromatic N) is 1. The average Bonchev–Trinajstić information content (AvgIpc) is 2.68. The van der Waals surface area contributed by atoms with Crippen LogP contribution in [0.25, 0.3) is 0 Å². The van der Waals surface area contributed by atoms with Crippen molar-refractivity contribution in [2.24, 2.45) is 0 Å². The van der Waals surface area contributed by atoms with E-state index in [4.69, 9.17) is 23.8 Å². The third-order valence-corrected chi connectivity index (χ3v) is 5.26. The molecule has 142 valence electrons. The van der Waals surface area contributed by atoms with Gasteiger partial charge in [0, 0.05) is 24.3 Å². The topological polar surface area (TPSA) is 44.4 Å². The molecule has 2 aromatic rings. The van der Waals surface area contributed by atoms with Gasteiger partial charge in [-0.3, -0.25) is 10.1 Å². The number of hydrogen-bond acceptors (Lipinski definition) is 3. The van der Waals surface area contributed by atoms with Crippen LogP contribution in [0.15, 0.2) is 42.5 Å². The second kappa shape index (κ2) is 9.20. The van der Waals surface area contributed by atoms with Gasteiger partial charge in [-0.15, -0.1) is 0 Å². The lowest BCUT2D eigenvalue weighted by molar-refractivity contribution is 0.0977. The number of benzene rings is 2. The minimum Gasteiger partial charge on any atom is -0.370 e. The monoisotopic (exact) mass is 401 g/mol. The van der Waals surface area contributed by atoms with Gasteiger partial charge in [0.1, 0.15) is 0 Å². The third-order valence-electron chi connectivity index (χ3n) is 4.75. The van der Waals surface area contributed by atoms with Crippen molar-refractivity contribution >= 4 is 46.2 Å². The number of nitrogens with one attached hydrogen (secondary N) is 2. The van der Waals surface area contributed by atoms with E-state index in [1.165, 1.54) is 24.8 Å². The molecule has 0 unspecified atom stereocenters. The van der Waals surface area contributed by atoms with E-state index >= 15 is 0 Å². The van der Waals surface area contributed by atoms with E-state index in [-0.39, 0.29) is 11.0 Å². The summed E-state index contributed by atoms with van der Waals surface area (Å²) in [5.41, 5.74) is 3.57. The molecule has 0 saturated carbocycles. The van der Waals surface area contributed by atoms with Gasteiger partial charge in [-0.05, 0) is 73.8 Å². The van der Waals surface area contributed by atoms with Crippen molar-refractivity contribution in [3.05, 3.63) is 58.6 Å². The number of piperidine rings is 1. The molecule has 1 fully saturated rings. The van der Waals surface area contributed by atoms with Crippen LogP contribution < -0.4 is 15.5 Å². The zero-order chi connectivity index (χ0) is 19.2. The largest absolute Gasteiger partial charge is 0.370 e. The average molecular weight is 402 g/mol. The molecular formula is C21H24ClN3OS. The highest BCUT2D eigenvalue weighted by Crippen LogP contribution is 2.30. The Labute approximate surface area is 170 Å². The fourth-order valence-electron chi connectivity index (χ4n) is 3.21. The standard InChI is InChI=1S/C21H24ClN3OS/c1-2-15-6-8-16(9-7-15)20(26)24-21(27)23-17-10-11-19(18(22)14-17)25-12-4-3-5-13-25/h6-11,14H,2-5,12-13H2,1H3,(H2,23,24,26,27). The highest BCUT2D eigenvalue weighted by molar-refractivity contribution is 7.80. The van der Waals surface area contributed by atoms with Crippen LogP contribution in [-0.4, -0.2) is 24.1 Å². The fraction of sp³-hybridized carbons (Fsp3) is 0.333. The van der Waals surface area contributed by atoms with Crippen molar-refractivity contribution < 1.29 is 4.79 Å². The normalized spacial score (nSPS) is 13.9. The van der Waals surface area contributed by atoms with Crippen LogP contribution in [0.4, 0.5) is 11.4 Å². The second-order valence-corrected chi connectivity index (χ2v) is 7.49. The molecule has 2 N–H and O–H groups in total. The Kier molecular flexibility index (Phi) is 6.69. The quantitative estimate of drug-likeness (QED) is 0.706. The van der Waals surface area contributed by atoms with E-state index < -0.39 is 0 Å². The van der Waals surface area contributed by atoms with Gasteiger partial charge >= 0.3 is 0 Å². The summed E-state index contributed by atoms with van der Waals surface area (Å²) in [6.07, 6.45) is 4.62. The van der Waals surface area contributed by atoms with Crippen LogP contribution in [0.1, 0.15) is 42.1 Å². The maximum Gasteiger partial charge on any atom is 0.257 e. The molecule has 0 aromatic heterocycles. The summed E-state index contributed by atoms with van der Waals surface area (Å²) in [4.78, 5) is 14.6. The zero-order valence-electron chi connectivity index (χ0n) is 15.4. The van der Waals surface area contributed by atoms with Crippen molar-refractivity contribution in [1.82, 2.24) is 5.32 Å². The Morgan fingerprint density at radius 1 is 1.11 bits per heavy atom. The minimum atomic E-state index is -0.230. The van der Waals surface area contributed by atoms with Crippen LogP contribution in [0.5, 0.6) is 0 Å². The minimum absolute atomic E-state index is 0.230. The highest BCUT2D eigenvalue weighted by Gasteiger charge is 2.14. The van der Waals surface area contributed by atoms with Crippen LogP contribution in [-0.2, 0) is 6.42 Å². The number of amides is 1. The summed E-state index contributed by atoms with van der Waals surface area (Å²) in [6.45, 7) is 4.16. The van der Waals surface area contributed by atoms with Crippen LogP contribution in [0.2, 0.25) is 5.02 Å². The summed E-state index contributed by atoms with van der Waals surface area (Å²) in [5.74, 6) is -0.230. The summed E-state index contributed by atoms with van der Waals surface area (Å²) < 4.78 is 0. The molecule has 6 heteroatoms. The first-order valence-electron chi connectivity index (χ1n) is 9.32. The van der Waals surface area contributed by atoms with E-state index in [1.54, 1.807) is 12.1 Å². The van der Waals surface area contributed by atoms with Gasteiger partial charge in [0.15, 0.2) is 5.11 Å². The lowest BCUT2D eigenvalue weighted by Gasteiger charge is -2.29. The van der Waals surface area contributed by atoms with E-state index in [2.05, 4.69) is 22.5 Å². The molecule has 4 nitrogen and oxygen atoms in total. The Hall–Kier alpha value is -2.11. The molecule has 1 aliphatic rings. The van der Waals surface area contributed by atoms with Gasteiger partial charge in [-0.25, -0.2) is 0 Å². The van der Waals surface area contributed by atoms with Crippen LogP contribution in [0.3, 0.4) is 0 Å². The van der Waals surface area contributed by atoms with E-state index in [1.807, 2.05) is 30.3 Å². The van der Waals surface area contributed by atoms with Crippen molar-refractivity contribution in [3.63, 3.8) is 0 Å². The number of carbonyl (C=O) groups excluding carboxylic acids is 1. The molecule has 0 spiro atoms. The molecule has 0 aliphatic carbocycles. The van der Waals surface area contributed by atoms with Gasteiger partial charge in [0.2, 0.25) is 0 Å². The summed E-state index contributed by atoms with van der Waals surface area (Å²) in [7, 11) is 0. The van der Waals surface area contributed by atoms with Crippen LogP contribution >= 0.6 is 23.8 Å². The predicted molar refractivity (Wildman–Crippen MR) is 117 cm³/mol. The molecule has 27 heavy (non-hydrogen) atoms. The van der Waals surface area contributed by atoms with Gasteiger partial charge in [-0.1, -0.05) is 30.7 Å². The number of thiocarbonyl (C=S) groups is 1. The number of anilines is 2. The number of aryl methyl sites for hydroxylation is 1. The summed E-state index contributed by atoms with van der Waals surface area (Å²) in [6, 6.07) is 13.3. The third kappa shape index (κ3) is 5.21. The number of rotatable bonds is 4. The molecule has 0 atom stereocenters. The van der Waals surface area contributed by atoms with Gasteiger partial charge in [0.25, 0.3) is 5.91 Å². The van der Waals surface area contributed by atoms with Crippen molar-refractivity contribution in [2.75, 3.05) is 23.3 Å². The zero-order valence-corrected chi connectivity index (χ0v) is 17.0. The smallest absolute Gasteiger partial charge is 0.257 e. The summed E-state index contributed by atoms with van der Waals surface area (Å²) in [5, 5.41) is 6.68. The molecule has 1 aliphatic heterocycles. The van der Waals surface area contributed by atoms with Crippen molar-refractivity contribution in [3.8, 4) is 0 Å². The molecule has 0 bridgehead atoms. The second-order valence-electron chi connectivity index (χ2n) is 6.67. The first kappa shape index (κ1) is 19.6. The van der Waals surface area contributed by atoms with Gasteiger partial charge in [0.05, 0.1) is 10.7 Å². The Balaban J connectivity index is 1.59.